The van der Waals surface area contributed by atoms with Gasteiger partial charge in [-0.2, -0.15) is 13.2 Å². The van der Waals surface area contributed by atoms with E-state index in [0.29, 0.717) is 24.5 Å². The summed E-state index contributed by atoms with van der Waals surface area (Å²) in [6.45, 7) is 3.02. The van der Waals surface area contributed by atoms with Crippen molar-refractivity contribution in [2.75, 3.05) is 19.8 Å². The Labute approximate surface area is 134 Å². The largest absolute Gasteiger partial charge is 0.416 e. The molecular weight excluding hydrogens is 305 g/mol. The van der Waals surface area contributed by atoms with Gasteiger partial charge in [0.25, 0.3) is 0 Å². The second-order valence-electron chi connectivity index (χ2n) is 6.41. The summed E-state index contributed by atoms with van der Waals surface area (Å²) < 4.78 is 43.3. The Kier molecular flexibility index (Phi) is 5.24. The number of alkyl halides is 3. The molecule has 0 amide bonds. The van der Waals surface area contributed by atoms with E-state index in [1.54, 1.807) is 12.1 Å². The summed E-state index contributed by atoms with van der Waals surface area (Å²) in [5, 5.41) is 7.05. The van der Waals surface area contributed by atoms with Gasteiger partial charge in [-0.15, -0.1) is 0 Å². The zero-order valence-corrected chi connectivity index (χ0v) is 13.0. The quantitative estimate of drug-likeness (QED) is 0.891. The summed E-state index contributed by atoms with van der Waals surface area (Å²) in [5.74, 6) is 0.532. The van der Waals surface area contributed by atoms with Crippen LogP contribution in [-0.4, -0.2) is 31.8 Å². The fraction of sp³-hybridized carbons (Fsp3) is 0.647. The van der Waals surface area contributed by atoms with Gasteiger partial charge in [0.1, 0.15) is 0 Å². The maximum atomic E-state index is 12.6. The molecule has 6 heteroatoms. The van der Waals surface area contributed by atoms with E-state index in [-0.39, 0.29) is 0 Å². The predicted molar refractivity (Wildman–Crippen MR) is 82.0 cm³/mol. The van der Waals surface area contributed by atoms with Crippen LogP contribution in [0.4, 0.5) is 13.2 Å². The SMILES string of the molecule is FC(F)(F)c1ccc(CNC2CCCC2C2COCCN2)cc1. The summed E-state index contributed by atoms with van der Waals surface area (Å²) in [5.41, 5.74) is 0.292. The van der Waals surface area contributed by atoms with Crippen LogP contribution < -0.4 is 10.6 Å². The average Bonchev–Trinajstić information content (AvgIpc) is 3.02. The smallest absolute Gasteiger partial charge is 0.379 e. The van der Waals surface area contributed by atoms with Crippen molar-refractivity contribution in [3.8, 4) is 0 Å². The molecule has 23 heavy (non-hydrogen) atoms. The maximum Gasteiger partial charge on any atom is 0.416 e. The first-order valence-electron chi connectivity index (χ1n) is 8.25. The fourth-order valence-corrected chi connectivity index (χ4v) is 3.64. The van der Waals surface area contributed by atoms with Gasteiger partial charge in [-0.05, 0) is 36.5 Å². The van der Waals surface area contributed by atoms with E-state index in [9.17, 15) is 13.2 Å². The molecule has 1 saturated carbocycles. The monoisotopic (exact) mass is 328 g/mol. The van der Waals surface area contributed by atoms with Crippen LogP contribution in [-0.2, 0) is 17.5 Å². The van der Waals surface area contributed by atoms with Gasteiger partial charge in [-0.25, -0.2) is 0 Å². The van der Waals surface area contributed by atoms with Gasteiger partial charge in [0, 0.05) is 25.2 Å². The molecule has 3 atom stereocenters. The van der Waals surface area contributed by atoms with Crippen LogP contribution in [0.5, 0.6) is 0 Å². The van der Waals surface area contributed by atoms with Crippen molar-refractivity contribution in [2.24, 2.45) is 5.92 Å². The molecule has 1 aliphatic carbocycles. The van der Waals surface area contributed by atoms with Crippen LogP contribution >= 0.6 is 0 Å². The molecule has 1 aliphatic heterocycles. The fourth-order valence-electron chi connectivity index (χ4n) is 3.64. The average molecular weight is 328 g/mol. The Hall–Kier alpha value is -1.11. The molecule has 1 aromatic carbocycles. The van der Waals surface area contributed by atoms with E-state index in [1.807, 2.05) is 0 Å². The van der Waals surface area contributed by atoms with E-state index in [4.69, 9.17) is 4.74 Å². The van der Waals surface area contributed by atoms with Gasteiger partial charge in [-0.1, -0.05) is 18.6 Å². The van der Waals surface area contributed by atoms with Crippen LogP contribution in [0.25, 0.3) is 0 Å². The first-order valence-corrected chi connectivity index (χ1v) is 8.25. The summed E-state index contributed by atoms with van der Waals surface area (Å²) >= 11 is 0. The van der Waals surface area contributed by atoms with Gasteiger partial charge in [0.15, 0.2) is 0 Å². The van der Waals surface area contributed by atoms with E-state index in [1.165, 1.54) is 12.8 Å². The zero-order valence-electron chi connectivity index (χ0n) is 13.0. The normalized spacial score (nSPS) is 28.9. The number of morpholine rings is 1. The summed E-state index contributed by atoms with van der Waals surface area (Å²) in [4.78, 5) is 0. The van der Waals surface area contributed by atoms with E-state index < -0.39 is 11.7 Å². The van der Waals surface area contributed by atoms with Crippen LogP contribution in [0.1, 0.15) is 30.4 Å². The molecule has 1 aromatic rings. The molecule has 0 bridgehead atoms. The highest BCUT2D eigenvalue weighted by molar-refractivity contribution is 5.24. The second-order valence-corrected chi connectivity index (χ2v) is 6.41. The molecule has 3 rings (SSSR count). The molecule has 2 fully saturated rings. The van der Waals surface area contributed by atoms with Crippen molar-refractivity contribution in [2.45, 2.75) is 44.1 Å². The standard InChI is InChI=1S/C17H23F3N2O/c18-17(19,20)13-6-4-12(5-7-13)10-22-15-3-1-2-14(15)16-11-23-9-8-21-16/h4-7,14-16,21-22H,1-3,8-11H2. The topological polar surface area (TPSA) is 33.3 Å². The third-order valence-electron chi connectivity index (χ3n) is 4.89. The molecule has 1 heterocycles. The lowest BCUT2D eigenvalue weighted by Crippen LogP contribution is -2.50. The Balaban J connectivity index is 1.54. The molecule has 0 radical (unpaired) electrons. The van der Waals surface area contributed by atoms with E-state index in [2.05, 4.69) is 10.6 Å². The van der Waals surface area contributed by atoms with Crippen LogP contribution in [0.2, 0.25) is 0 Å². The van der Waals surface area contributed by atoms with Crippen LogP contribution in [0.3, 0.4) is 0 Å². The van der Waals surface area contributed by atoms with Crippen molar-refractivity contribution in [3.63, 3.8) is 0 Å². The molecule has 2 aliphatic rings. The summed E-state index contributed by atoms with van der Waals surface area (Å²) in [7, 11) is 0. The molecule has 2 N–H and O–H groups in total. The first kappa shape index (κ1) is 16.7. The maximum absolute atomic E-state index is 12.6. The van der Waals surface area contributed by atoms with Gasteiger partial charge < -0.3 is 15.4 Å². The lowest BCUT2D eigenvalue weighted by molar-refractivity contribution is -0.137. The Morgan fingerprint density at radius 1 is 1.17 bits per heavy atom. The lowest BCUT2D eigenvalue weighted by atomic mass is 9.94. The third-order valence-corrected chi connectivity index (χ3v) is 4.89. The van der Waals surface area contributed by atoms with Gasteiger partial charge in [-0.3, -0.25) is 0 Å². The van der Waals surface area contributed by atoms with Crippen molar-refractivity contribution < 1.29 is 17.9 Å². The number of ether oxygens (including phenoxy) is 1. The highest BCUT2D eigenvalue weighted by Gasteiger charge is 2.34. The number of benzene rings is 1. The molecular formula is C17H23F3N2O. The van der Waals surface area contributed by atoms with Crippen molar-refractivity contribution in [3.05, 3.63) is 35.4 Å². The van der Waals surface area contributed by atoms with E-state index in [0.717, 1.165) is 43.9 Å². The summed E-state index contributed by atoms with van der Waals surface area (Å²) in [6, 6.07) is 6.20. The van der Waals surface area contributed by atoms with Gasteiger partial charge in [0.2, 0.25) is 0 Å². The highest BCUT2D eigenvalue weighted by Crippen LogP contribution is 2.31. The minimum Gasteiger partial charge on any atom is -0.379 e. The molecule has 128 valence electrons. The number of halogens is 3. The molecule has 3 unspecified atom stereocenters. The van der Waals surface area contributed by atoms with Gasteiger partial charge >= 0.3 is 6.18 Å². The number of hydrogen-bond donors (Lipinski definition) is 2. The predicted octanol–water partition coefficient (Wildman–Crippen LogP) is 2.95. The first-order chi connectivity index (χ1) is 11.0. The summed E-state index contributed by atoms with van der Waals surface area (Å²) in [6.07, 6.45) is -0.794. The number of nitrogens with one attached hydrogen (secondary N) is 2. The van der Waals surface area contributed by atoms with E-state index >= 15 is 0 Å². The van der Waals surface area contributed by atoms with Crippen LogP contribution in [0.15, 0.2) is 24.3 Å². The minimum atomic E-state index is -4.27. The van der Waals surface area contributed by atoms with Crippen molar-refractivity contribution in [1.29, 1.82) is 0 Å². The Bertz CT molecular complexity index is 498. The second kappa shape index (κ2) is 7.20. The Morgan fingerprint density at radius 3 is 2.61 bits per heavy atom. The number of hydrogen-bond acceptors (Lipinski definition) is 3. The molecule has 0 aromatic heterocycles. The number of rotatable bonds is 4. The third kappa shape index (κ3) is 4.25. The zero-order chi connectivity index (χ0) is 16.3. The Morgan fingerprint density at radius 2 is 1.96 bits per heavy atom. The van der Waals surface area contributed by atoms with Crippen LogP contribution in [0, 0.1) is 5.92 Å². The molecule has 1 saturated heterocycles. The minimum absolute atomic E-state index is 0.386. The highest BCUT2D eigenvalue weighted by atomic mass is 19.4. The molecule has 0 spiro atoms. The molecule has 3 nitrogen and oxygen atoms in total. The van der Waals surface area contributed by atoms with Gasteiger partial charge in [0.05, 0.1) is 18.8 Å². The van der Waals surface area contributed by atoms with Crippen molar-refractivity contribution in [1.82, 2.24) is 10.6 Å². The van der Waals surface area contributed by atoms with Crippen molar-refractivity contribution >= 4 is 0 Å². The lowest BCUT2D eigenvalue weighted by Gasteiger charge is -2.33.